The zero-order valence-electron chi connectivity index (χ0n) is 10.3. The van der Waals surface area contributed by atoms with E-state index >= 15 is 0 Å². The van der Waals surface area contributed by atoms with Crippen LogP contribution in [0.4, 0.5) is 0 Å². The minimum absolute atomic E-state index is 0.00963. The van der Waals surface area contributed by atoms with Crippen LogP contribution in [0.1, 0.15) is 23.1 Å². The van der Waals surface area contributed by atoms with Gasteiger partial charge in [-0.25, -0.2) is 4.98 Å². The number of phenolic OH excluding ortho intramolecular Hbond substituents is 1. The van der Waals surface area contributed by atoms with E-state index in [0.717, 1.165) is 0 Å². The lowest BCUT2D eigenvalue weighted by Gasteiger charge is -2.08. The van der Waals surface area contributed by atoms with Crippen LogP contribution in [0.5, 0.6) is 11.5 Å². The van der Waals surface area contributed by atoms with E-state index in [1.165, 1.54) is 23.8 Å². The number of phenols is 1. The van der Waals surface area contributed by atoms with Crippen LogP contribution in [0.2, 0.25) is 0 Å². The highest BCUT2D eigenvalue weighted by atomic mass is 16.5. The molecule has 0 spiro atoms. The van der Waals surface area contributed by atoms with Crippen molar-refractivity contribution < 1.29 is 14.6 Å². The van der Waals surface area contributed by atoms with Crippen LogP contribution in [0.3, 0.4) is 0 Å². The van der Waals surface area contributed by atoms with Crippen molar-refractivity contribution in [2.75, 3.05) is 7.11 Å². The molecule has 0 saturated carbocycles. The van der Waals surface area contributed by atoms with E-state index in [0.29, 0.717) is 17.8 Å². The van der Waals surface area contributed by atoms with Crippen LogP contribution in [0.15, 0.2) is 30.6 Å². The number of aromatic hydroxyl groups is 1. The summed E-state index contributed by atoms with van der Waals surface area (Å²) in [5.74, 6) is 0.795. The number of aryl methyl sites for hydroxylation is 1. The molecule has 5 heteroatoms. The lowest BCUT2D eigenvalue weighted by molar-refractivity contribution is 0.0956. The first-order valence-electron chi connectivity index (χ1n) is 5.61. The average molecular weight is 246 g/mol. The quantitative estimate of drug-likeness (QED) is 0.897. The van der Waals surface area contributed by atoms with Gasteiger partial charge in [0, 0.05) is 24.4 Å². The van der Waals surface area contributed by atoms with Crippen molar-refractivity contribution >= 4 is 5.91 Å². The molecule has 0 aliphatic rings. The second-order valence-corrected chi connectivity index (χ2v) is 3.76. The first-order chi connectivity index (χ1) is 8.67. The zero-order valence-corrected chi connectivity index (χ0v) is 10.3. The maximum atomic E-state index is 12.3. The van der Waals surface area contributed by atoms with Crippen LogP contribution in [0, 0.1) is 0 Å². The molecule has 0 amide bonds. The molecule has 0 bridgehead atoms. The fourth-order valence-corrected chi connectivity index (χ4v) is 1.73. The fourth-order valence-electron chi connectivity index (χ4n) is 1.73. The van der Waals surface area contributed by atoms with Crippen LogP contribution in [-0.2, 0) is 6.42 Å². The largest absolute Gasteiger partial charge is 0.504 e. The lowest BCUT2D eigenvalue weighted by Crippen LogP contribution is -2.14. The van der Waals surface area contributed by atoms with Crippen molar-refractivity contribution in [3.8, 4) is 11.5 Å². The van der Waals surface area contributed by atoms with Crippen molar-refractivity contribution in [1.82, 2.24) is 9.55 Å². The Morgan fingerprint density at radius 3 is 2.94 bits per heavy atom. The van der Waals surface area contributed by atoms with Crippen LogP contribution < -0.4 is 4.74 Å². The second kappa shape index (κ2) is 4.91. The van der Waals surface area contributed by atoms with Gasteiger partial charge in [-0.1, -0.05) is 6.92 Å². The van der Waals surface area contributed by atoms with Crippen molar-refractivity contribution in [2.24, 2.45) is 0 Å². The van der Waals surface area contributed by atoms with Crippen LogP contribution in [-0.4, -0.2) is 27.7 Å². The lowest BCUT2D eigenvalue weighted by atomic mass is 10.2. The standard InChI is InChI=1S/C13H14N2O3/c1-3-12-14-6-7-15(12)13(17)9-4-5-10(16)11(8-9)18-2/h4-8,16H,3H2,1-2H3. The van der Waals surface area contributed by atoms with Gasteiger partial charge in [-0.15, -0.1) is 0 Å². The Morgan fingerprint density at radius 1 is 1.50 bits per heavy atom. The Morgan fingerprint density at radius 2 is 2.28 bits per heavy atom. The molecule has 1 aromatic heterocycles. The van der Waals surface area contributed by atoms with Crippen LogP contribution in [0.25, 0.3) is 0 Å². The van der Waals surface area contributed by atoms with Gasteiger partial charge in [0.15, 0.2) is 11.5 Å². The number of methoxy groups -OCH3 is 1. The summed E-state index contributed by atoms with van der Waals surface area (Å²) in [5.41, 5.74) is 0.442. The third kappa shape index (κ3) is 2.07. The molecule has 1 heterocycles. The van der Waals surface area contributed by atoms with Gasteiger partial charge in [-0.05, 0) is 18.2 Å². The van der Waals surface area contributed by atoms with E-state index in [2.05, 4.69) is 4.98 Å². The minimum Gasteiger partial charge on any atom is -0.504 e. The Balaban J connectivity index is 2.40. The van der Waals surface area contributed by atoms with Gasteiger partial charge >= 0.3 is 0 Å². The van der Waals surface area contributed by atoms with Gasteiger partial charge in [0.05, 0.1) is 7.11 Å². The molecular weight excluding hydrogens is 232 g/mol. The molecule has 0 saturated heterocycles. The summed E-state index contributed by atoms with van der Waals surface area (Å²) in [6.07, 6.45) is 3.89. The summed E-state index contributed by atoms with van der Waals surface area (Å²) < 4.78 is 6.47. The number of carbonyl (C=O) groups excluding carboxylic acids is 1. The Labute approximate surface area is 105 Å². The molecule has 0 radical (unpaired) electrons. The summed E-state index contributed by atoms with van der Waals surface area (Å²) in [7, 11) is 1.44. The average Bonchev–Trinajstić information content (AvgIpc) is 2.86. The number of hydrogen-bond donors (Lipinski definition) is 1. The molecule has 0 fully saturated rings. The molecule has 94 valence electrons. The number of imidazole rings is 1. The van der Waals surface area contributed by atoms with Crippen molar-refractivity contribution in [3.05, 3.63) is 42.0 Å². The highest BCUT2D eigenvalue weighted by Crippen LogP contribution is 2.26. The molecule has 18 heavy (non-hydrogen) atoms. The summed E-state index contributed by atoms with van der Waals surface area (Å²) in [4.78, 5) is 16.4. The monoisotopic (exact) mass is 246 g/mol. The van der Waals surface area contributed by atoms with E-state index in [-0.39, 0.29) is 17.4 Å². The zero-order chi connectivity index (χ0) is 13.1. The Bertz CT molecular complexity index is 575. The minimum atomic E-state index is -0.192. The number of nitrogens with zero attached hydrogens (tertiary/aromatic N) is 2. The molecule has 0 atom stereocenters. The van der Waals surface area contributed by atoms with E-state index in [1.54, 1.807) is 18.5 Å². The normalized spacial score (nSPS) is 10.3. The van der Waals surface area contributed by atoms with Gasteiger partial charge < -0.3 is 9.84 Å². The van der Waals surface area contributed by atoms with Gasteiger partial charge in [0.25, 0.3) is 5.91 Å². The highest BCUT2D eigenvalue weighted by Gasteiger charge is 2.14. The molecule has 2 rings (SSSR count). The molecule has 0 aliphatic carbocycles. The molecular formula is C13H14N2O3. The van der Waals surface area contributed by atoms with Gasteiger partial charge in [-0.2, -0.15) is 0 Å². The first kappa shape index (κ1) is 12.2. The predicted molar refractivity (Wildman–Crippen MR) is 66.0 cm³/mol. The summed E-state index contributed by atoms with van der Waals surface area (Å²) in [5, 5.41) is 9.49. The number of rotatable bonds is 3. The summed E-state index contributed by atoms with van der Waals surface area (Å²) in [6, 6.07) is 4.51. The number of benzene rings is 1. The maximum Gasteiger partial charge on any atom is 0.263 e. The number of carbonyl (C=O) groups is 1. The highest BCUT2D eigenvalue weighted by molar-refractivity contribution is 5.96. The number of ether oxygens (including phenoxy) is 1. The topological polar surface area (TPSA) is 64.4 Å². The van der Waals surface area contributed by atoms with Gasteiger partial charge in [-0.3, -0.25) is 9.36 Å². The number of aromatic nitrogens is 2. The molecule has 1 N–H and O–H groups in total. The molecule has 0 aliphatic heterocycles. The second-order valence-electron chi connectivity index (χ2n) is 3.76. The SMILES string of the molecule is CCc1nccn1C(=O)c1ccc(O)c(OC)c1. The van der Waals surface area contributed by atoms with E-state index < -0.39 is 0 Å². The van der Waals surface area contributed by atoms with E-state index in [1.807, 2.05) is 6.92 Å². The fraction of sp³-hybridized carbons (Fsp3) is 0.231. The number of hydrogen-bond acceptors (Lipinski definition) is 4. The van der Waals surface area contributed by atoms with E-state index in [9.17, 15) is 9.90 Å². The summed E-state index contributed by atoms with van der Waals surface area (Å²) in [6.45, 7) is 1.93. The van der Waals surface area contributed by atoms with Gasteiger partial charge in [0.1, 0.15) is 5.82 Å². The molecule has 0 unspecified atom stereocenters. The Hall–Kier alpha value is -2.30. The van der Waals surface area contributed by atoms with Crippen molar-refractivity contribution in [1.29, 1.82) is 0 Å². The molecule has 1 aromatic carbocycles. The molecule has 5 nitrogen and oxygen atoms in total. The van der Waals surface area contributed by atoms with E-state index in [4.69, 9.17) is 4.74 Å². The first-order valence-corrected chi connectivity index (χ1v) is 5.61. The van der Waals surface area contributed by atoms with Crippen molar-refractivity contribution in [3.63, 3.8) is 0 Å². The smallest absolute Gasteiger partial charge is 0.263 e. The predicted octanol–water partition coefficient (Wildman–Crippen LogP) is 1.85. The van der Waals surface area contributed by atoms with Crippen molar-refractivity contribution in [2.45, 2.75) is 13.3 Å². The maximum absolute atomic E-state index is 12.3. The van der Waals surface area contributed by atoms with Crippen LogP contribution >= 0.6 is 0 Å². The summed E-state index contributed by atoms with van der Waals surface area (Å²) >= 11 is 0. The Kier molecular flexibility index (Phi) is 3.32. The third-order valence-corrected chi connectivity index (χ3v) is 2.68. The van der Waals surface area contributed by atoms with Gasteiger partial charge in [0.2, 0.25) is 0 Å². The third-order valence-electron chi connectivity index (χ3n) is 2.68. The molecule has 2 aromatic rings.